The fraction of sp³-hybridized carbons (Fsp3) is 0.425. The molecule has 6 atom stereocenters. The maximum atomic E-state index is 14.3. The summed E-state index contributed by atoms with van der Waals surface area (Å²) in [6.07, 6.45) is 6.92. The molecule has 0 aliphatic carbocycles. The molecule has 2 aromatic carbocycles. The smallest absolute Gasteiger partial charge is 0.328 e. The van der Waals surface area contributed by atoms with Crippen LogP contribution in [-0.4, -0.2) is 119 Å². The lowest BCUT2D eigenvalue weighted by Crippen LogP contribution is -2.60. The third-order valence-electron chi connectivity index (χ3n) is 10.1. The Morgan fingerprint density at radius 1 is 0.893 bits per heavy atom. The van der Waals surface area contributed by atoms with Crippen LogP contribution in [0.2, 0.25) is 0 Å². The van der Waals surface area contributed by atoms with Gasteiger partial charge in [0, 0.05) is 38.7 Å². The lowest BCUT2D eigenvalue weighted by atomic mass is 10.0. The Morgan fingerprint density at radius 3 is 2.21 bits per heavy atom. The molecule has 56 heavy (non-hydrogen) atoms. The van der Waals surface area contributed by atoms with Gasteiger partial charge in [-0.1, -0.05) is 48.6 Å². The van der Waals surface area contributed by atoms with Crippen LogP contribution in [-0.2, 0) is 44.7 Å². The van der Waals surface area contributed by atoms with Gasteiger partial charge >= 0.3 is 5.97 Å². The van der Waals surface area contributed by atoms with Crippen LogP contribution in [0, 0.1) is 11.6 Å². The number of benzene rings is 2. The third kappa shape index (κ3) is 10.2. The first kappa shape index (κ1) is 41.2. The molecular formula is C40H46F2N6O8. The number of fused-ring (bicyclic) bond motifs is 2. The van der Waals surface area contributed by atoms with Gasteiger partial charge in [-0.3, -0.25) is 28.8 Å². The summed E-state index contributed by atoms with van der Waals surface area (Å²) in [4.78, 5) is 98.9. The molecule has 0 bridgehead atoms. The van der Waals surface area contributed by atoms with Gasteiger partial charge in [-0.25, -0.2) is 13.6 Å². The monoisotopic (exact) mass is 776 g/mol. The van der Waals surface area contributed by atoms with Crippen molar-refractivity contribution in [2.45, 2.75) is 82.2 Å². The number of halogens is 2. The summed E-state index contributed by atoms with van der Waals surface area (Å²) in [5, 5.41) is 7.70. The fourth-order valence-electron chi connectivity index (χ4n) is 6.99. The zero-order valence-corrected chi connectivity index (χ0v) is 31.4. The standard InChI is InChI=1S/C40H46F2N6O8/c1-24-37(52)48-18-10-15-33(48)40(55)56-23-31(38(53)47-17-9-14-32(47)39(54)46(3)25(2)35(50)43-24)45-36(51)30(21-27-19-28(41)22-29(42)20-27)44-34(49)16-8-7-13-26-11-5-4-6-12-26/h4-8,11-13,16,19-20,22,24-25,30-33H,9-10,14-15,17-18,21,23H2,1-3H3,(H,43,50)(H,44,49)(H,45,51)/t24-,25-,30-,31-,32-,33-/m0/s1. The number of esters is 1. The molecule has 0 aromatic heterocycles. The Morgan fingerprint density at radius 2 is 1.54 bits per heavy atom. The van der Waals surface area contributed by atoms with Crippen molar-refractivity contribution in [2.75, 3.05) is 26.7 Å². The molecule has 2 aromatic rings. The van der Waals surface area contributed by atoms with E-state index < -0.39 is 102 Å². The Labute approximate surface area is 323 Å². The average Bonchev–Trinajstić information content (AvgIpc) is 3.87. The lowest BCUT2D eigenvalue weighted by molar-refractivity contribution is -0.158. The van der Waals surface area contributed by atoms with Crippen LogP contribution in [0.1, 0.15) is 50.7 Å². The second kappa shape index (κ2) is 18.6. The topological polar surface area (TPSA) is 175 Å². The number of amides is 6. The number of nitrogens with one attached hydrogen (secondary N) is 3. The van der Waals surface area contributed by atoms with Gasteiger partial charge < -0.3 is 35.4 Å². The van der Waals surface area contributed by atoms with Crippen LogP contribution in [0.4, 0.5) is 8.78 Å². The number of nitrogens with zero attached hydrogens (tertiary/aromatic N) is 3. The summed E-state index contributed by atoms with van der Waals surface area (Å²) < 4.78 is 34.0. The van der Waals surface area contributed by atoms with Crippen LogP contribution < -0.4 is 16.0 Å². The molecule has 6 amide bonds. The Hall–Kier alpha value is -5.93. The minimum atomic E-state index is -1.59. The van der Waals surface area contributed by atoms with Crippen molar-refractivity contribution in [3.05, 3.63) is 89.5 Å². The van der Waals surface area contributed by atoms with Crippen molar-refractivity contribution in [3.8, 4) is 0 Å². The highest BCUT2D eigenvalue weighted by molar-refractivity contribution is 5.98. The predicted molar refractivity (Wildman–Crippen MR) is 199 cm³/mol. The summed E-state index contributed by atoms with van der Waals surface area (Å²) in [6, 6.07) is 4.73. The summed E-state index contributed by atoms with van der Waals surface area (Å²) >= 11 is 0. The van der Waals surface area contributed by atoms with Crippen LogP contribution in [0.15, 0.2) is 66.8 Å². The normalized spacial score (nSPS) is 24.6. The van der Waals surface area contributed by atoms with E-state index in [4.69, 9.17) is 4.74 Å². The first-order valence-electron chi connectivity index (χ1n) is 18.5. The Bertz CT molecular complexity index is 1870. The van der Waals surface area contributed by atoms with Gasteiger partial charge in [0.25, 0.3) is 0 Å². The minimum absolute atomic E-state index is 0.0262. The molecule has 298 valence electrons. The summed E-state index contributed by atoms with van der Waals surface area (Å²) in [5.74, 6) is -6.83. The van der Waals surface area contributed by atoms with Crippen molar-refractivity contribution in [1.82, 2.24) is 30.7 Å². The number of rotatable bonds is 8. The number of ether oxygens (including phenoxy) is 1. The SMILES string of the molecule is C[C@@H]1NC(=O)[C@H](C)N(C)C(=O)[C@@H]2CCCN2C(=O)[C@@H](NC(=O)[C@H](Cc2cc(F)cc(F)c2)NC(=O)C=CC=Cc2ccccc2)COC(=O)[C@@H]2CCCN2C1=O. The van der Waals surface area contributed by atoms with Crippen molar-refractivity contribution >= 4 is 47.5 Å². The van der Waals surface area contributed by atoms with Crippen molar-refractivity contribution < 1.29 is 47.1 Å². The zero-order chi connectivity index (χ0) is 40.5. The largest absolute Gasteiger partial charge is 0.461 e. The van der Waals surface area contributed by atoms with E-state index in [9.17, 15) is 42.3 Å². The molecule has 0 saturated carbocycles. The first-order valence-corrected chi connectivity index (χ1v) is 18.5. The molecule has 3 fully saturated rings. The lowest BCUT2D eigenvalue weighted by Gasteiger charge is -2.34. The van der Waals surface area contributed by atoms with Crippen LogP contribution in [0.25, 0.3) is 6.08 Å². The second-order valence-corrected chi connectivity index (χ2v) is 14.1. The van der Waals surface area contributed by atoms with Gasteiger partial charge in [0.15, 0.2) is 0 Å². The molecule has 16 heteroatoms. The van der Waals surface area contributed by atoms with Crippen molar-refractivity contribution in [1.29, 1.82) is 0 Å². The molecule has 0 spiro atoms. The number of hydrogen-bond donors (Lipinski definition) is 3. The molecule has 3 N–H and O–H groups in total. The third-order valence-corrected chi connectivity index (χ3v) is 10.1. The van der Waals surface area contributed by atoms with Crippen molar-refractivity contribution in [2.24, 2.45) is 0 Å². The van der Waals surface area contributed by atoms with E-state index in [0.717, 1.165) is 23.8 Å². The summed E-state index contributed by atoms with van der Waals surface area (Å²) in [5.41, 5.74) is 0.899. The highest BCUT2D eigenvalue weighted by atomic mass is 19.1. The van der Waals surface area contributed by atoms with E-state index in [2.05, 4.69) is 16.0 Å². The molecule has 3 saturated heterocycles. The van der Waals surface area contributed by atoms with Gasteiger partial charge in [0.1, 0.15) is 54.5 Å². The van der Waals surface area contributed by atoms with E-state index in [1.807, 2.05) is 30.3 Å². The Balaban J connectivity index is 1.43. The van der Waals surface area contributed by atoms with E-state index in [-0.39, 0.29) is 31.5 Å². The fourth-order valence-corrected chi connectivity index (χ4v) is 6.99. The van der Waals surface area contributed by atoms with E-state index in [0.29, 0.717) is 18.9 Å². The Kier molecular flexibility index (Phi) is 13.7. The van der Waals surface area contributed by atoms with E-state index >= 15 is 0 Å². The molecule has 0 unspecified atom stereocenters. The molecule has 0 radical (unpaired) electrons. The van der Waals surface area contributed by atoms with Gasteiger partial charge in [0.05, 0.1) is 0 Å². The maximum Gasteiger partial charge on any atom is 0.328 e. The number of likely N-dealkylation sites (N-methyl/N-ethyl adjacent to an activating group) is 1. The number of allylic oxidation sites excluding steroid dienone is 2. The van der Waals surface area contributed by atoms with Gasteiger partial charge in [-0.15, -0.1) is 0 Å². The first-order chi connectivity index (χ1) is 26.7. The number of hydrogen-bond acceptors (Lipinski definition) is 8. The zero-order valence-electron chi connectivity index (χ0n) is 31.4. The van der Waals surface area contributed by atoms with Gasteiger partial charge in [-0.05, 0) is 62.8 Å². The molecule has 3 aliphatic rings. The molecule has 14 nitrogen and oxygen atoms in total. The minimum Gasteiger partial charge on any atom is -0.461 e. The number of carbonyl (C=O) groups excluding carboxylic acids is 7. The quantitative estimate of drug-likeness (QED) is 0.206. The molecular weight excluding hydrogens is 730 g/mol. The predicted octanol–water partition coefficient (Wildman–Crippen LogP) is 1.64. The van der Waals surface area contributed by atoms with Gasteiger partial charge in [-0.2, -0.15) is 0 Å². The summed E-state index contributed by atoms with van der Waals surface area (Å²) in [6.45, 7) is 2.58. The second-order valence-electron chi connectivity index (χ2n) is 14.1. The van der Waals surface area contributed by atoms with Crippen LogP contribution >= 0.6 is 0 Å². The average molecular weight is 777 g/mol. The van der Waals surface area contributed by atoms with Gasteiger partial charge in [0.2, 0.25) is 35.4 Å². The number of carbonyl (C=O) groups is 7. The van der Waals surface area contributed by atoms with Crippen LogP contribution in [0.3, 0.4) is 0 Å². The highest BCUT2D eigenvalue weighted by Crippen LogP contribution is 2.23. The maximum absolute atomic E-state index is 14.3. The van der Waals surface area contributed by atoms with E-state index in [1.165, 1.54) is 41.7 Å². The summed E-state index contributed by atoms with van der Waals surface area (Å²) in [7, 11) is 1.41. The molecule has 5 rings (SSSR count). The highest BCUT2D eigenvalue weighted by Gasteiger charge is 2.43. The number of cyclic esters (lactones) is 1. The van der Waals surface area contributed by atoms with Crippen LogP contribution in [0.5, 0.6) is 0 Å². The van der Waals surface area contributed by atoms with Crippen molar-refractivity contribution in [3.63, 3.8) is 0 Å². The molecule has 3 heterocycles. The van der Waals surface area contributed by atoms with E-state index in [1.54, 1.807) is 12.2 Å². The molecule has 3 aliphatic heterocycles.